The number of carbonyl (C=O) groups excluding carboxylic acids is 3. The van der Waals surface area contributed by atoms with Crippen molar-refractivity contribution in [1.29, 1.82) is 0 Å². The number of pyridine rings is 1. The van der Waals surface area contributed by atoms with Gasteiger partial charge in [-0.15, -0.1) is 6.58 Å². The minimum Gasteiger partial charge on any atom is -0.496 e. The molecule has 3 N–H and O–H groups in total. The van der Waals surface area contributed by atoms with Gasteiger partial charge in [-0.2, -0.15) is 0 Å². The summed E-state index contributed by atoms with van der Waals surface area (Å²) < 4.78 is 30.8. The number of rotatable bonds is 6. The Hall–Kier alpha value is -3.27. The molecule has 12 heteroatoms. The molecule has 272 valence electrons. The molecule has 2 aromatic rings. The first-order chi connectivity index (χ1) is 23.7. The second-order valence-electron chi connectivity index (χ2n) is 15.7. The van der Waals surface area contributed by atoms with Gasteiger partial charge in [-0.3, -0.25) is 18.9 Å². The zero-order chi connectivity index (χ0) is 35.8. The zero-order valence-corrected chi connectivity index (χ0v) is 30.3. The normalized spacial score (nSPS) is 30.9. The number of aryl methyl sites for hydroxylation is 1. The fourth-order valence-corrected chi connectivity index (χ4v) is 9.84. The lowest BCUT2D eigenvalue weighted by Gasteiger charge is -2.32. The van der Waals surface area contributed by atoms with Gasteiger partial charge < -0.3 is 29.3 Å². The number of carbonyl (C=O) groups is 3. The molecule has 50 heavy (non-hydrogen) atoms. The molecule has 1 aliphatic heterocycles. The molecule has 0 spiro atoms. The van der Waals surface area contributed by atoms with Crippen LogP contribution in [0, 0.1) is 35.0 Å². The first-order valence-corrected chi connectivity index (χ1v) is 19.7. The smallest absolute Gasteiger partial charge is 0.351 e. The van der Waals surface area contributed by atoms with E-state index in [1.54, 1.807) is 13.3 Å². The van der Waals surface area contributed by atoms with Crippen LogP contribution in [0.25, 0.3) is 10.8 Å². The number of nitrogens with zero attached hydrogens (tertiary/aromatic N) is 1. The number of esters is 1. The second kappa shape index (κ2) is 14.4. The van der Waals surface area contributed by atoms with E-state index in [1.807, 2.05) is 18.2 Å². The summed E-state index contributed by atoms with van der Waals surface area (Å²) in [5.41, 5.74) is 0.691. The number of hydrogen-bond donors (Lipinski definition) is 3. The summed E-state index contributed by atoms with van der Waals surface area (Å²) >= 11 is 0. The van der Waals surface area contributed by atoms with Crippen molar-refractivity contribution < 1.29 is 42.9 Å². The van der Waals surface area contributed by atoms with Crippen LogP contribution in [-0.4, -0.2) is 57.5 Å². The van der Waals surface area contributed by atoms with E-state index in [0.717, 1.165) is 73.5 Å². The maximum atomic E-state index is 14.7. The highest BCUT2D eigenvalue weighted by Crippen LogP contribution is 2.67. The largest absolute Gasteiger partial charge is 0.496 e. The Labute approximate surface area is 294 Å². The number of ketones is 1. The summed E-state index contributed by atoms with van der Waals surface area (Å²) in [6.07, 6.45) is 9.85. The van der Waals surface area contributed by atoms with Gasteiger partial charge in [0.2, 0.25) is 11.8 Å². The van der Waals surface area contributed by atoms with Gasteiger partial charge in [0, 0.05) is 29.3 Å². The van der Waals surface area contributed by atoms with E-state index in [0.29, 0.717) is 5.88 Å². The van der Waals surface area contributed by atoms with Crippen molar-refractivity contribution in [2.24, 2.45) is 35.0 Å². The highest BCUT2D eigenvalue weighted by atomic mass is 31.2. The number of nitrogens with one attached hydrogen (secondary N) is 1. The SMILES string of the molecule is C=C[C@@H]1C[C@]1(NC(=O)[C@@H]1C[C@@H]2CC1C(=O)[C@H](C1CCCCC1)CC(=O)OCC(C)(C)CCCc1cc3c(nccc3cc1OC)O2)P(=O)(O)O. The summed E-state index contributed by atoms with van der Waals surface area (Å²) in [5, 5.41) is 2.61. The maximum absolute atomic E-state index is 14.7. The lowest BCUT2D eigenvalue weighted by molar-refractivity contribution is -0.151. The third kappa shape index (κ3) is 7.51. The molecule has 3 saturated carbocycles. The van der Waals surface area contributed by atoms with Crippen molar-refractivity contribution in [3.63, 3.8) is 0 Å². The van der Waals surface area contributed by atoms with Gasteiger partial charge in [-0.25, -0.2) is 4.98 Å². The fourth-order valence-electron chi connectivity index (χ4n) is 8.61. The molecular weight excluding hydrogens is 659 g/mol. The van der Waals surface area contributed by atoms with Crippen LogP contribution in [-0.2, 0) is 30.1 Å². The van der Waals surface area contributed by atoms with Crippen molar-refractivity contribution in [3.8, 4) is 11.6 Å². The summed E-state index contributed by atoms with van der Waals surface area (Å²) in [7, 11) is -3.12. The molecule has 11 nitrogen and oxygen atoms in total. The van der Waals surface area contributed by atoms with Crippen LogP contribution in [0.5, 0.6) is 11.6 Å². The summed E-state index contributed by atoms with van der Waals surface area (Å²) in [5.74, 6) is -3.05. The molecule has 1 amide bonds. The maximum Gasteiger partial charge on any atom is 0.351 e. The molecule has 4 bridgehead atoms. The van der Waals surface area contributed by atoms with Crippen LogP contribution < -0.4 is 14.8 Å². The standard InChI is InChI=1S/C38H51N2O9P/c1-5-26-21-38(26,50(44,45)46)40-35(43)31-19-27-18-30(31)34(42)28(23-10-7-6-8-11-23)20-33(41)48-22-37(2,3)14-9-12-25-16-29-24(17-32(25)47-4)13-15-39-36(29)49-27/h5,13,15-17,23,26-28,30-31H,1,6-12,14,18-22H2,2-4H3,(H,40,43)(H2,44,45,46)/t26-,27+,28+,30?,31-,38+/m1/s1. The van der Waals surface area contributed by atoms with Gasteiger partial charge in [0.1, 0.15) is 22.9 Å². The Balaban J connectivity index is 1.39. The third-order valence-electron chi connectivity index (χ3n) is 11.7. The van der Waals surface area contributed by atoms with Crippen LogP contribution in [0.4, 0.5) is 0 Å². The molecule has 2 heterocycles. The molecule has 0 saturated heterocycles. The summed E-state index contributed by atoms with van der Waals surface area (Å²) in [4.78, 5) is 67.4. The molecule has 6 atom stereocenters. The number of ether oxygens (including phenoxy) is 3. The summed E-state index contributed by atoms with van der Waals surface area (Å²) in [6, 6.07) is 5.88. The van der Waals surface area contributed by atoms with E-state index in [2.05, 4.69) is 30.7 Å². The Morgan fingerprint density at radius 2 is 1.88 bits per heavy atom. The molecule has 1 aromatic heterocycles. The minimum absolute atomic E-state index is 0.0192. The van der Waals surface area contributed by atoms with E-state index in [9.17, 15) is 28.7 Å². The Morgan fingerprint density at radius 3 is 2.56 bits per heavy atom. The average Bonchev–Trinajstić information content (AvgIpc) is 3.66. The number of methoxy groups -OCH3 is 1. The molecule has 6 rings (SSSR count). The van der Waals surface area contributed by atoms with E-state index in [4.69, 9.17) is 14.2 Å². The molecule has 3 fully saturated rings. The van der Waals surface area contributed by atoms with Gasteiger partial charge in [-0.05, 0) is 91.8 Å². The van der Waals surface area contributed by atoms with Gasteiger partial charge >= 0.3 is 13.6 Å². The highest BCUT2D eigenvalue weighted by molar-refractivity contribution is 7.54. The van der Waals surface area contributed by atoms with Crippen molar-refractivity contribution in [1.82, 2.24) is 10.3 Å². The van der Waals surface area contributed by atoms with Crippen LogP contribution in [0.1, 0.15) is 90.0 Å². The Kier molecular flexibility index (Phi) is 10.5. The highest BCUT2D eigenvalue weighted by Gasteiger charge is 2.66. The van der Waals surface area contributed by atoms with Crippen LogP contribution >= 0.6 is 7.60 Å². The number of cyclic esters (lactones) is 1. The number of aromatic nitrogens is 1. The quantitative estimate of drug-likeness (QED) is 0.177. The number of Topliss-reactive ketones (excluding diaryl/α,β-unsaturated/α-hetero) is 1. The summed E-state index contributed by atoms with van der Waals surface area (Å²) in [6.45, 7) is 8.05. The second-order valence-corrected chi connectivity index (χ2v) is 17.6. The molecule has 4 aliphatic rings. The van der Waals surface area contributed by atoms with E-state index < -0.39 is 54.5 Å². The molecule has 1 aromatic carbocycles. The number of amides is 1. The van der Waals surface area contributed by atoms with E-state index in [-0.39, 0.29) is 49.4 Å². The van der Waals surface area contributed by atoms with Gasteiger partial charge in [0.15, 0.2) is 0 Å². The van der Waals surface area contributed by atoms with Crippen molar-refractivity contribution in [2.45, 2.75) is 102 Å². The van der Waals surface area contributed by atoms with Crippen LogP contribution in [0.2, 0.25) is 0 Å². The third-order valence-corrected chi connectivity index (χ3v) is 13.3. The zero-order valence-electron chi connectivity index (χ0n) is 29.4. The predicted molar refractivity (Wildman–Crippen MR) is 188 cm³/mol. The number of hydrogen-bond acceptors (Lipinski definition) is 8. The van der Waals surface area contributed by atoms with Crippen LogP contribution in [0.3, 0.4) is 0 Å². The predicted octanol–water partition coefficient (Wildman–Crippen LogP) is 6.27. The molecule has 3 aliphatic carbocycles. The van der Waals surface area contributed by atoms with Gasteiger partial charge in [-0.1, -0.05) is 39.2 Å². The van der Waals surface area contributed by atoms with Crippen LogP contribution in [0.15, 0.2) is 37.1 Å². The van der Waals surface area contributed by atoms with Crippen molar-refractivity contribution in [2.75, 3.05) is 13.7 Å². The molecule has 1 unspecified atom stereocenters. The van der Waals surface area contributed by atoms with E-state index in [1.165, 1.54) is 6.08 Å². The monoisotopic (exact) mass is 710 g/mol. The van der Waals surface area contributed by atoms with Gasteiger partial charge in [0.05, 0.1) is 26.1 Å². The minimum atomic E-state index is -4.76. The lowest BCUT2D eigenvalue weighted by Crippen LogP contribution is -2.45. The Morgan fingerprint density at radius 1 is 1.12 bits per heavy atom. The first kappa shape index (κ1) is 36.5. The first-order valence-electron chi connectivity index (χ1n) is 18.1. The van der Waals surface area contributed by atoms with Crippen molar-refractivity contribution >= 4 is 36.0 Å². The number of benzene rings is 1. The number of fused-ring (bicyclic) bond motifs is 3. The van der Waals surface area contributed by atoms with E-state index >= 15 is 0 Å². The van der Waals surface area contributed by atoms with Crippen molar-refractivity contribution in [3.05, 3.63) is 42.6 Å². The molecule has 0 radical (unpaired) electrons. The topological polar surface area (TPSA) is 161 Å². The Bertz CT molecular complexity index is 1680. The lowest BCUT2D eigenvalue weighted by atomic mass is 9.72. The fraction of sp³-hybridized carbons (Fsp3) is 0.632. The average molecular weight is 711 g/mol. The molecular formula is C38H51N2O9P. The van der Waals surface area contributed by atoms with Gasteiger partial charge in [0.25, 0.3) is 0 Å².